The van der Waals surface area contributed by atoms with E-state index >= 15 is 0 Å². The van der Waals surface area contributed by atoms with Gasteiger partial charge < -0.3 is 10.2 Å². The molecule has 0 radical (unpaired) electrons. The zero-order valence-corrected chi connectivity index (χ0v) is 12.6. The van der Waals surface area contributed by atoms with Crippen LogP contribution in [0.25, 0.3) is 0 Å². The van der Waals surface area contributed by atoms with Crippen LogP contribution in [0, 0.1) is 0 Å². The summed E-state index contributed by atoms with van der Waals surface area (Å²) in [6, 6.07) is 8.17. The molecule has 0 spiro atoms. The van der Waals surface area contributed by atoms with E-state index in [2.05, 4.69) is 27.7 Å². The maximum absolute atomic E-state index is 11.8. The molecule has 0 aliphatic carbocycles. The molecule has 2 amide bonds. The number of nitrogens with one attached hydrogen (secondary N) is 2. The Hall–Kier alpha value is -1.59. The van der Waals surface area contributed by atoms with Crippen LogP contribution in [-0.2, 0) is 9.59 Å². The molecule has 0 aromatic heterocycles. The Morgan fingerprint density at radius 1 is 1.05 bits per heavy atom. The Labute approximate surface area is 130 Å². The van der Waals surface area contributed by atoms with Crippen molar-refractivity contribution in [1.82, 2.24) is 10.6 Å². The molecule has 6 heteroatoms. The fourth-order valence-corrected chi connectivity index (χ4v) is 2.85. The lowest BCUT2D eigenvalue weighted by Crippen LogP contribution is -2.43. The van der Waals surface area contributed by atoms with Crippen molar-refractivity contribution >= 4 is 29.9 Å². The van der Waals surface area contributed by atoms with Crippen molar-refractivity contribution in [3.8, 4) is 0 Å². The minimum absolute atomic E-state index is 0. The highest BCUT2D eigenvalue weighted by Gasteiger charge is 2.27. The Kier molecular flexibility index (Phi) is 5.20. The Morgan fingerprint density at radius 3 is 2.33 bits per heavy atom. The van der Waals surface area contributed by atoms with Gasteiger partial charge in [-0.05, 0) is 24.1 Å². The predicted molar refractivity (Wildman–Crippen MR) is 83.9 cm³/mol. The molecule has 1 aromatic carbocycles. The fraction of sp³-hybridized carbons (Fsp3) is 0.467. The highest BCUT2D eigenvalue weighted by Crippen LogP contribution is 2.26. The zero-order valence-electron chi connectivity index (χ0n) is 11.8. The summed E-state index contributed by atoms with van der Waals surface area (Å²) >= 11 is 0. The Morgan fingerprint density at radius 2 is 1.71 bits per heavy atom. The number of carbonyl (C=O) groups excluding carboxylic acids is 2. The summed E-state index contributed by atoms with van der Waals surface area (Å²) in [5, 5.41) is 5.74. The van der Waals surface area contributed by atoms with Crippen molar-refractivity contribution in [3.05, 3.63) is 29.8 Å². The predicted octanol–water partition coefficient (Wildman–Crippen LogP) is 1.04. The highest BCUT2D eigenvalue weighted by atomic mass is 35.5. The van der Waals surface area contributed by atoms with Gasteiger partial charge in [-0.25, -0.2) is 0 Å². The van der Waals surface area contributed by atoms with Gasteiger partial charge in [0.1, 0.15) is 0 Å². The molecule has 114 valence electrons. The van der Waals surface area contributed by atoms with E-state index in [1.165, 1.54) is 5.69 Å². The second-order valence-electron chi connectivity index (χ2n) is 5.33. The number of carbonyl (C=O) groups is 2. The molecule has 2 N–H and O–H groups in total. The minimum Gasteiger partial charge on any atom is -0.369 e. The van der Waals surface area contributed by atoms with E-state index in [4.69, 9.17) is 0 Å². The van der Waals surface area contributed by atoms with Crippen LogP contribution < -0.4 is 15.5 Å². The number of anilines is 1. The molecule has 2 heterocycles. The number of imide groups is 1. The number of hydrogen-bond donors (Lipinski definition) is 2. The maximum Gasteiger partial charge on any atom is 0.234 e. The van der Waals surface area contributed by atoms with Crippen LogP contribution in [0.5, 0.6) is 0 Å². The maximum atomic E-state index is 11.8. The smallest absolute Gasteiger partial charge is 0.234 e. The van der Waals surface area contributed by atoms with E-state index < -0.39 is 0 Å². The van der Waals surface area contributed by atoms with Crippen LogP contribution in [0.15, 0.2) is 24.3 Å². The number of amides is 2. The fourth-order valence-electron chi connectivity index (χ4n) is 2.85. The van der Waals surface area contributed by atoms with Gasteiger partial charge in [-0.1, -0.05) is 12.1 Å². The molecule has 2 aliphatic heterocycles. The Balaban J connectivity index is 0.00000161. The molecule has 2 aliphatic rings. The quantitative estimate of drug-likeness (QED) is 0.801. The molecular formula is C15H20ClN3O2. The lowest BCUT2D eigenvalue weighted by molar-refractivity contribution is -0.134. The SMILES string of the molecule is Cl.O=C1CCC(c2ccc(N3CCNCC3)cc2)C(=O)N1. The third kappa shape index (κ3) is 3.54. The zero-order chi connectivity index (χ0) is 13.9. The minimum atomic E-state index is -0.190. The highest BCUT2D eigenvalue weighted by molar-refractivity contribution is 6.00. The molecule has 1 aromatic rings. The van der Waals surface area contributed by atoms with E-state index in [0.717, 1.165) is 31.7 Å². The summed E-state index contributed by atoms with van der Waals surface area (Å²) in [5.74, 6) is -0.523. The van der Waals surface area contributed by atoms with Crippen LogP contribution >= 0.6 is 12.4 Å². The van der Waals surface area contributed by atoms with Gasteiger partial charge in [-0.2, -0.15) is 0 Å². The van der Waals surface area contributed by atoms with Crippen molar-refractivity contribution in [2.45, 2.75) is 18.8 Å². The second kappa shape index (κ2) is 6.91. The van der Waals surface area contributed by atoms with E-state index in [9.17, 15) is 9.59 Å². The number of piperazine rings is 1. The molecule has 21 heavy (non-hydrogen) atoms. The summed E-state index contributed by atoms with van der Waals surface area (Å²) in [5.41, 5.74) is 2.19. The van der Waals surface area contributed by atoms with Crippen molar-refractivity contribution in [2.75, 3.05) is 31.1 Å². The Bertz CT molecular complexity index is 512. The molecule has 0 saturated carbocycles. The molecule has 5 nitrogen and oxygen atoms in total. The van der Waals surface area contributed by atoms with E-state index in [0.29, 0.717) is 12.8 Å². The first-order valence-corrected chi connectivity index (χ1v) is 7.13. The second-order valence-corrected chi connectivity index (χ2v) is 5.33. The van der Waals surface area contributed by atoms with Crippen LogP contribution in [0.1, 0.15) is 24.3 Å². The summed E-state index contributed by atoms with van der Waals surface area (Å²) < 4.78 is 0. The van der Waals surface area contributed by atoms with Crippen LogP contribution in [0.4, 0.5) is 5.69 Å². The number of piperidine rings is 1. The number of halogens is 1. The van der Waals surface area contributed by atoms with E-state index in [-0.39, 0.29) is 30.1 Å². The van der Waals surface area contributed by atoms with Gasteiger partial charge in [0, 0.05) is 38.3 Å². The van der Waals surface area contributed by atoms with Gasteiger partial charge >= 0.3 is 0 Å². The normalized spacial score (nSPS) is 22.5. The first kappa shape index (κ1) is 15.8. The topological polar surface area (TPSA) is 61.4 Å². The van der Waals surface area contributed by atoms with Crippen molar-refractivity contribution in [2.24, 2.45) is 0 Å². The lowest BCUT2D eigenvalue weighted by atomic mass is 9.90. The largest absolute Gasteiger partial charge is 0.369 e. The average molecular weight is 310 g/mol. The monoisotopic (exact) mass is 309 g/mol. The van der Waals surface area contributed by atoms with Crippen LogP contribution in [0.3, 0.4) is 0 Å². The summed E-state index contributed by atoms with van der Waals surface area (Å²) in [6.45, 7) is 4.04. The third-order valence-corrected chi connectivity index (χ3v) is 4.02. The summed E-state index contributed by atoms with van der Waals surface area (Å²) in [4.78, 5) is 25.3. The number of benzene rings is 1. The number of nitrogens with zero attached hydrogens (tertiary/aromatic N) is 1. The van der Waals surface area contributed by atoms with Crippen molar-refractivity contribution in [3.63, 3.8) is 0 Å². The molecule has 2 fully saturated rings. The summed E-state index contributed by atoms with van der Waals surface area (Å²) in [6.07, 6.45) is 1.04. The molecule has 1 atom stereocenters. The number of hydrogen-bond acceptors (Lipinski definition) is 4. The van der Waals surface area contributed by atoms with Crippen molar-refractivity contribution in [1.29, 1.82) is 0 Å². The van der Waals surface area contributed by atoms with Gasteiger partial charge in [0.25, 0.3) is 0 Å². The lowest BCUT2D eigenvalue weighted by Gasteiger charge is -2.30. The van der Waals surface area contributed by atoms with Crippen molar-refractivity contribution < 1.29 is 9.59 Å². The molecular weight excluding hydrogens is 290 g/mol. The standard InChI is InChI=1S/C15H19N3O2.ClH/c19-14-6-5-13(15(20)17-14)11-1-3-12(4-2-11)18-9-7-16-8-10-18;/h1-4,13,16H,5-10H2,(H,17,19,20);1H. The van der Waals surface area contributed by atoms with E-state index in [1.54, 1.807) is 0 Å². The first-order valence-electron chi connectivity index (χ1n) is 7.13. The number of rotatable bonds is 2. The molecule has 1 unspecified atom stereocenters. The average Bonchev–Trinajstić information content (AvgIpc) is 2.48. The van der Waals surface area contributed by atoms with Crippen LogP contribution in [0.2, 0.25) is 0 Å². The third-order valence-electron chi connectivity index (χ3n) is 4.02. The van der Waals surface area contributed by atoms with Gasteiger partial charge in [0.15, 0.2) is 0 Å². The van der Waals surface area contributed by atoms with Gasteiger partial charge in [0.2, 0.25) is 11.8 Å². The van der Waals surface area contributed by atoms with Gasteiger partial charge in [-0.3, -0.25) is 14.9 Å². The van der Waals surface area contributed by atoms with Crippen LogP contribution in [-0.4, -0.2) is 38.0 Å². The summed E-state index contributed by atoms with van der Waals surface area (Å²) in [7, 11) is 0. The molecule has 3 rings (SSSR count). The first-order chi connectivity index (χ1) is 9.74. The molecule has 2 saturated heterocycles. The van der Waals surface area contributed by atoms with Gasteiger partial charge in [0.05, 0.1) is 5.92 Å². The van der Waals surface area contributed by atoms with E-state index in [1.807, 2.05) is 12.1 Å². The molecule has 0 bridgehead atoms. The van der Waals surface area contributed by atoms with Gasteiger partial charge in [-0.15, -0.1) is 12.4 Å².